The van der Waals surface area contributed by atoms with Crippen molar-refractivity contribution in [3.63, 3.8) is 0 Å². The summed E-state index contributed by atoms with van der Waals surface area (Å²) in [5.74, 6) is 0. The zero-order chi connectivity index (χ0) is 13.5. The average Bonchev–Trinajstić information content (AvgIpc) is 2.97. The monoisotopic (exact) mass is 255 g/mol. The van der Waals surface area contributed by atoms with Crippen molar-refractivity contribution in [2.24, 2.45) is 0 Å². The van der Waals surface area contributed by atoms with E-state index in [-0.39, 0.29) is 5.41 Å². The lowest BCUT2D eigenvalue weighted by molar-refractivity contribution is -0.500. The Bertz CT molecular complexity index is 544. The summed E-state index contributed by atoms with van der Waals surface area (Å²) in [6.45, 7) is 7.06. The van der Waals surface area contributed by atoms with Gasteiger partial charge < -0.3 is 4.90 Å². The number of rotatable bonds is 1. The molecule has 1 fully saturated rings. The molecule has 2 heterocycles. The second-order valence-electron chi connectivity index (χ2n) is 6.15. The van der Waals surface area contributed by atoms with Crippen LogP contribution in [0.25, 0.3) is 0 Å². The molecule has 0 unspecified atom stereocenters. The van der Waals surface area contributed by atoms with Crippen molar-refractivity contribution in [3.05, 3.63) is 41.6 Å². The lowest BCUT2D eigenvalue weighted by Crippen LogP contribution is -2.23. The van der Waals surface area contributed by atoms with Crippen molar-refractivity contribution in [3.8, 4) is 0 Å². The van der Waals surface area contributed by atoms with E-state index in [4.69, 9.17) is 0 Å². The van der Waals surface area contributed by atoms with E-state index in [0.29, 0.717) is 0 Å². The first kappa shape index (κ1) is 12.5. The van der Waals surface area contributed by atoms with Crippen LogP contribution in [0.1, 0.15) is 32.3 Å². The molecule has 0 radical (unpaired) electrons. The Morgan fingerprint density at radius 2 is 1.84 bits per heavy atom. The van der Waals surface area contributed by atoms with Gasteiger partial charge in [-0.2, -0.15) is 0 Å². The smallest absolute Gasteiger partial charge is 0.165 e. The lowest BCUT2D eigenvalue weighted by Gasteiger charge is -2.23. The summed E-state index contributed by atoms with van der Waals surface area (Å²) < 4.78 is 2.43. The molecule has 1 aromatic rings. The molecule has 0 atom stereocenters. The minimum Gasteiger partial charge on any atom is -0.347 e. The third kappa shape index (κ3) is 1.99. The SMILES string of the molecule is CN1C(=CC=[N+]2CCCC2)C(C)(C)c2ccccc21. The summed E-state index contributed by atoms with van der Waals surface area (Å²) in [6.07, 6.45) is 7.26. The Kier molecular flexibility index (Phi) is 2.96. The summed E-state index contributed by atoms with van der Waals surface area (Å²) in [5.41, 5.74) is 4.26. The van der Waals surface area contributed by atoms with Crippen LogP contribution >= 0.6 is 0 Å². The third-order valence-electron chi connectivity index (χ3n) is 4.52. The van der Waals surface area contributed by atoms with Gasteiger partial charge >= 0.3 is 0 Å². The van der Waals surface area contributed by atoms with Gasteiger partial charge in [0.2, 0.25) is 0 Å². The minimum atomic E-state index is 0.0988. The maximum absolute atomic E-state index is 2.43. The van der Waals surface area contributed by atoms with E-state index >= 15 is 0 Å². The van der Waals surface area contributed by atoms with Crippen LogP contribution in [0.15, 0.2) is 36.0 Å². The van der Waals surface area contributed by atoms with Crippen molar-refractivity contribution in [2.45, 2.75) is 32.1 Å². The predicted octanol–water partition coefficient (Wildman–Crippen LogP) is 3.18. The third-order valence-corrected chi connectivity index (χ3v) is 4.52. The van der Waals surface area contributed by atoms with Crippen LogP contribution in [-0.2, 0) is 5.41 Å². The number of likely N-dealkylation sites (N-methyl/N-ethyl adjacent to an activating group) is 1. The molecule has 2 nitrogen and oxygen atoms in total. The predicted molar refractivity (Wildman–Crippen MR) is 81.2 cm³/mol. The first-order valence-electron chi connectivity index (χ1n) is 7.23. The quantitative estimate of drug-likeness (QED) is 0.699. The molecule has 2 aliphatic rings. The van der Waals surface area contributed by atoms with E-state index in [1.54, 1.807) is 0 Å². The summed E-state index contributed by atoms with van der Waals surface area (Å²) in [5, 5.41) is 0. The number of nitrogens with zero attached hydrogens (tertiary/aromatic N) is 2. The second kappa shape index (κ2) is 4.52. The van der Waals surface area contributed by atoms with Crippen molar-refractivity contribution >= 4 is 11.9 Å². The molecule has 0 N–H and O–H groups in total. The molecule has 3 rings (SSSR count). The molecule has 19 heavy (non-hydrogen) atoms. The molecule has 0 aromatic heterocycles. The van der Waals surface area contributed by atoms with Crippen LogP contribution in [0.3, 0.4) is 0 Å². The molecular formula is C17H23N2+. The maximum atomic E-state index is 2.43. The molecule has 2 heteroatoms. The largest absolute Gasteiger partial charge is 0.347 e. The molecule has 0 amide bonds. The van der Waals surface area contributed by atoms with E-state index in [1.165, 1.54) is 42.9 Å². The average molecular weight is 255 g/mol. The lowest BCUT2D eigenvalue weighted by atomic mass is 9.84. The van der Waals surface area contributed by atoms with E-state index < -0.39 is 0 Å². The van der Waals surface area contributed by atoms with Crippen molar-refractivity contribution in [1.29, 1.82) is 0 Å². The van der Waals surface area contributed by atoms with Crippen LogP contribution < -0.4 is 4.90 Å². The van der Waals surface area contributed by atoms with Crippen molar-refractivity contribution in [1.82, 2.24) is 0 Å². The van der Waals surface area contributed by atoms with Gasteiger partial charge in [0.05, 0.1) is 0 Å². The summed E-state index contributed by atoms with van der Waals surface area (Å²) in [7, 11) is 2.18. The molecule has 0 aliphatic carbocycles. The minimum absolute atomic E-state index is 0.0988. The molecule has 0 saturated carbocycles. The maximum Gasteiger partial charge on any atom is 0.165 e. The van der Waals surface area contributed by atoms with Crippen LogP contribution in [-0.4, -0.2) is 30.9 Å². The highest BCUT2D eigenvalue weighted by atomic mass is 15.2. The van der Waals surface area contributed by atoms with Crippen LogP contribution in [0, 0.1) is 0 Å². The fraction of sp³-hybridized carbons (Fsp3) is 0.471. The normalized spacial score (nSPS) is 23.0. The number of anilines is 1. The van der Waals surface area contributed by atoms with Gasteiger partial charge in [-0.1, -0.05) is 32.0 Å². The summed E-state index contributed by atoms with van der Waals surface area (Å²) >= 11 is 0. The fourth-order valence-electron chi connectivity index (χ4n) is 3.37. The van der Waals surface area contributed by atoms with Gasteiger partial charge in [-0.25, -0.2) is 4.58 Å². The first-order valence-corrected chi connectivity index (χ1v) is 7.23. The molecule has 0 bridgehead atoms. The van der Waals surface area contributed by atoms with Gasteiger partial charge in [0.15, 0.2) is 6.21 Å². The Labute approximate surface area is 116 Å². The van der Waals surface area contributed by atoms with Gasteiger partial charge in [0, 0.05) is 42.8 Å². The zero-order valence-electron chi connectivity index (χ0n) is 12.2. The zero-order valence-corrected chi connectivity index (χ0v) is 12.2. The van der Waals surface area contributed by atoms with Crippen LogP contribution in [0.4, 0.5) is 5.69 Å². The fourth-order valence-corrected chi connectivity index (χ4v) is 3.37. The number of benzene rings is 1. The molecule has 100 valence electrons. The molecule has 0 spiro atoms. The summed E-state index contributed by atoms with van der Waals surface area (Å²) in [4.78, 5) is 2.34. The Hall–Kier alpha value is -1.57. The number of para-hydroxylation sites is 1. The standard InChI is InChI=1S/C17H23N2/c1-17(2)14-8-4-5-9-15(14)18(3)16(17)10-13-19-11-6-7-12-19/h4-5,8-10,13H,6-7,11-12H2,1-3H3/q+1. The molecule has 1 saturated heterocycles. The van der Waals surface area contributed by atoms with Gasteiger partial charge in [0.25, 0.3) is 0 Å². The molecule has 1 aromatic carbocycles. The highest BCUT2D eigenvalue weighted by Gasteiger charge is 2.38. The van der Waals surface area contributed by atoms with Gasteiger partial charge in [-0.05, 0) is 11.6 Å². The summed E-state index contributed by atoms with van der Waals surface area (Å²) in [6, 6.07) is 8.73. The van der Waals surface area contributed by atoms with E-state index in [1.807, 2.05) is 0 Å². The van der Waals surface area contributed by atoms with Gasteiger partial charge in [-0.3, -0.25) is 0 Å². The number of hydrogen-bond donors (Lipinski definition) is 0. The first-order chi connectivity index (χ1) is 9.10. The second-order valence-corrected chi connectivity index (χ2v) is 6.15. The molecule has 2 aliphatic heterocycles. The number of hydrogen-bond acceptors (Lipinski definition) is 1. The van der Waals surface area contributed by atoms with Gasteiger partial charge in [0.1, 0.15) is 13.1 Å². The number of allylic oxidation sites excluding steroid dienone is 2. The van der Waals surface area contributed by atoms with E-state index in [9.17, 15) is 0 Å². The highest BCUT2D eigenvalue weighted by Crippen LogP contribution is 2.46. The van der Waals surface area contributed by atoms with E-state index in [0.717, 1.165) is 0 Å². The Morgan fingerprint density at radius 1 is 1.16 bits per heavy atom. The Balaban J connectivity index is 2.00. The van der Waals surface area contributed by atoms with Crippen LogP contribution in [0.2, 0.25) is 0 Å². The molecular weight excluding hydrogens is 232 g/mol. The van der Waals surface area contributed by atoms with Crippen molar-refractivity contribution < 1.29 is 4.58 Å². The Morgan fingerprint density at radius 3 is 2.53 bits per heavy atom. The topological polar surface area (TPSA) is 6.25 Å². The van der Waals surface area contributed by atoms with E-state index in [2.05, 4.69) is 66.9 Å². The van der Waals surface area contributed by atoms with Crippen molar-refractivity contribution in [2.75, 3.05) is 25.0 Å². The highest BCUT2D eigenvalue weighted by molar-refractivity contribution is 5.77. The van der Waals surface area contributed by atoms with Crippen LogP contribution in [0.5, 0.6) is 0 Å². The van der Waals surface area contributed by atoms with Gasteiger partial charge in [-0.15, -0.1) is 0 Å². The number of fused-ring (bicyclic) bond motifs is 1.